The second-order valence-electron chi connectivity index (χ2n) is 5.35. The van der Waals surface area contributed by atoms with Gasteiger partial charge in [-0.15, -0.1) is 0 Å². The van der Waals surface area contributed by atoms with E-state index in [1.807, 2.05) is 19.9 Å². The first kappa shape index (κ1) is 15.3. The lowest BCUT2D eigenvalue weighted by molar-refractivity contribution is 0.0386. The molecule has 0 aliphatic carbocycles. The lowest BCUT2D eigenvalue weighted by Crippen LogP contribution is -2.51. The van der Waals surface area contributed by atoms with Gasteiger partial charge in [0.1, 0.15) is 4.90 Å². The van der Waals surface area contributed by atoms with Crippen molar-refractivity contribution in [1.82, 2.24) is 4.72 Å². The molecule has 20 heavy (non-hydrogen) atoms. The Hall–Kier alpha value is -1.11. The Morgan fingerprint density at radius 2 is 2.10 bits per heavy atom. The van der Waals surface area contributed by atoms with Crippen LogP contribution < -0.4 is 10.0 Å². The van der Waals surface area contributed by atoms with Gasteiger partial charge >= 0.3 is 0 Å². The van der Waals surface area contributed by atoms with E-state index in [2.05, 4.69) is 10.0 Å². The third-order valence-corrected chi connectivity index (χ3v) is 5.06. The summed E-state index contributed by atoms with van der Waals surface area (Å²) in [6, 6.07) is 6.95. The highest BCUT2D eigenvalue weighted by molar-refractivity contribution is 7.89. The highest BCUT2D eigenvalue weighted by Crippen LogP contribution is 2.25. The van der Waals surface area contributed by atoms with E-state index >= 15 is 0 Å². The Morgan fingerprint density at radius 1 is 1.35 bits per heavy atom. The number of para-hydroxylation sites is 1. The Labute approximate surface area is 120 Å². The number of hydrogen-bond donors (Lipinski definition) is 2. The molecule has 0 radical (unpaired) electrons. The molecule has 5 nitrogen and oxygen atoms in total. The van der Waals surface area contributed by atoms with Gasteiger partial charge in [-0.1, -0.05) is 12.1 Å². The van der Waals surface area contributed by atoms with E-state index in [0.29, 0.717) is 25.4 Å². The Morgan fingerprint density at radius 3 is 2.75 bits per heavy atom. The molecule has 0 amide bonds. The second kappa shape index (κ2) is 6.11. The zero-order valence-electron chi connectivity index (χ0n) is 12.0. The summed E-state index contributed by atoms with van der Waals surface area (Å²) in [5.41, 5.74) is 0.0963. The van der Waals surface area contributed by atoms with Gasteiger partial charge in [-0.3, -0.25) is 0 Å². The molecule has 1 aromatic rings. The number of anilines is 1. The van der Waals surface area contributed by atoms with Crippen LogP contribution in [-0.2, 0) is 14.8 Å². The minimum atomic E-state index is -3.56. The van der Waals surface area contributed by atoms with Crippen molar-refractivity contribution in [3.63, 3.8) is 0 Å². The van der Waals surface area contributed by atoms with Crippen molar-refractivity contribution in [3.8, 4) is 0 Å². The average Bonchev–Trinajstić information content (AvgIpc) is 2.39. The standard InChI is InChI=1S/C14H22N2O3S/c1-3-15-12-7-4-5-8-13(12)20(17,18)16-14(2)9-6-10-19-11-14/h4-5,7-8,15-16H,3,6,9-11H2,1-2H3. The average molecular weight is 298 g/mol. The summed E-state index contributed by atoms with van der Waals surface area (Å²) in [6.07, 6.45) is 1.66. The summed E-state index contributed by atoms with van der Waals surface area (Å²) in [4.78, 5) is 0.286. The summed E-state index contributed by atoms with van der Waals surface area (Å²) in [6.45, 7) is 5.61. The summed E-state index contributed by atoms with van der Waals surface area (Å²) in [5.74, 6) is 0. The number of ether oxygens (including phenoxy) is 1. The van der Waals surface area contributed by atoms with Crippen molar-refractivity contribution in [2.75, 3.05) is 25.1 Å². The molecule has 1 unspecified atom stereocenters. The van der Waals surface area contributed by atoms with Gasteiger partial charge in [0.25, 0.3) is 0 Å². The molecule has 1 aromatic carbocycles. The van der Waals surface area contributed by atoms with E-state index in [1.54, 1.807) is 18.2 Å². The van der Waals surface area contributed by atoms with Crippen LogP contribution >= 0.6 is 0 Å². The Balaban J connectivity index is 2.26. The van der Waals surface area contributed by atoms with Crippen LogP contribution in [0.15, 0.2) is 29.2 Å². The fourth-order valence-electron chi connectivity index (χ4n) is 2.43. The van der Waals surface area contributed by atoms with E-state index in [0.717, 1.165) is 12.8 Å². The molecule has 1 fully saturated rings. The molecular weight excluding hydrogens is 276 g/mol. The molecule has 1 heterocycles. The maximum absolute atomic E-state index is 12.6. The lowest BCUT2D eigenvalue weighted by Gasteiger charge is -2.34. The summed E-state index contributed by atoms with van der Waals surface area (Å²) < 4.78 is 33.4. The van der Waals surface area contributed by atoms with Gasteiger partial charge in [0.15, 0.2) is 0 Å². The minimum absolute atomic E-state index is 0.286. The van der Waals surface area contributed by atoms with Crippen LogP contribution in [0.2, 0.25) is 0 Å². The Kier molecular flexibility index (Phi) is 4.67. The van der Waals surface area contributed by atoms with Crippen LogP contribution in [-0.4, -0.2) is 33.7 Å². The second-order valence-corrected chi connectivity index (χ2v) is 7.00. The first-order valence-electron chi connectivity index (χ1n) is 6.91. The smallest absolute Gasteiger partial charge is 0.243 e. The number of benzene rings is 1. The molecule has 2 rings (SSSR count). The quantitative estimate of drug-likeness (QED) is 0.872. The molecule has 1 aliphatic rings. The summed E-state index contributed by atoms with van der Waals surface area (Å²) >= 11 is 0. The highest BCUT2D eigenvalue weighted by atomic mass is 32.2. The fourth-order valence-corrected chi connectivity index (χ4v) is 4.04. The Bertz CT molecular complexity index is 551. The molecule has 2 N–H and O–H groups in total. The molecule has 0 bridgehead atoms. The maximum atomic E-state index is 12.6. The van der Waals surface area contributed by atoms with Crippen LogP contribution in [0.25, 0.3) is 0 Å². The van der Waals surface area contributed by atoms with Gasteiger partial charge in [0, 0.05) is 13.2 Å². The van der Waals surface area contributed by atoms with E-state index < -0.39 is 15.6 Å². The highest BCUT2D eigenvalue weighted by Gasteiger charge is 2.33. The SMILES string of the molecule is CCNc1ccccc1S(=O)(=O)NC1(C)CCCOC1. The number of nitrogens with one attached hydrogen (secondary N) is 2. The molecule has 1 aliphatic heterocycles. The molecule has 6 heteroatoms. The summed E-state index contributed by atoms with van der Waals surface area (Å²) in [5, 5.41) is 3.08. The molecule has 1 atom stereocenters. The van der Waals surface area contributed by atoms with Crippen molar-refractivity contribution in [1.29, 1.82) is 0 Å². The van der Waals surface area contributed by atoms with Crippen LogP contribution in [0.5, 0.6) is 0 Å². The number of hydrogen-bond acceptors (Lipinski definition) is 4. The predicted molar refractivity (Wildman–Crippen MR) is 79.4 cm³/mol. The van der Waals surface area contributed by atoms with Crippen molar-refractivity contribution >= 4 is 15.7 Å². The van der Waals surface area contributed by atoms with E-state index in [-0.39, 0.29) is 4.90 Å². The third kappa shape index (κ3) is 3.50. The monoisotopic (exact) mass is 298 g/mol. The van der Waals surface area contributed by atoms with E-state index in [9.17, 15) is 8.42 Å². The fraction of sp³-hybridized carbons (Fsp3) is 0.571. The van der Waals surface area contributed by atoms with Gasteiger partial charge in [0.05, 0.1) is 17.8 Å². The zero-order chi connectivity index (χ0) is 14.6. The first-order valence-corrected chi connectivity index (χ1v) is 8.40. The molecule has 0 saturated carbocycles. The number of rotatable bonds is 5. The lowest BCUT2D eigenvalue weighted by atomic mass is 9.97. The summed E-state index contributed by atoms with van der Waals surface area (Å²) in [7, 11) is -3.56. The van der Waals surface area contributed by atoms with Crippen LogP contribution in [0.1, 0.15) is 26.7 Å². The number of sulfonamides is 1. The van der Waals surface area contributed by atoms with E-state index in [4.69, 9.17) is 4.74 Å². The van der Waals surface area contributed by atoms with Crippen LogP contribution in [0, 0.1) is 0 Å². The molecule has 1 saturated heterocycles. The van der Waals surface area contributed by atoms with Crippen molar-refractivity contribution in [2.45, 2.75) is 37.1 Å². The zero-order valence-corrected chi connectivity index (χ0v) is 12.8. The topological polar surface area (TPSA) is 67.4 Å². The van der Waals surface area contributed by atoms with Crippen LogP contribution in [0.4, 0.5) is 5.69 Å². The normalized spacial score (nSPS) is 23.5. The van der Waals surface area contributed by atoms with Crippen molar-refractivity contribution in [2.24, 2.45) is 0 Å². The first-order chi connectivity index (χ1) is 9.47. The minimum Gasteiger partial charge on any atom is -0.384 e. The van der Waals surface area contributed by atoms with Gasteiger partial charge in [-0.2, -0.15) is 0 Å². The van der Waals surface area contributed by atoms with Crippen molar-refractivity contribution < 1.29 is 13.2 Å². The largest absolute Gasteiger partial charge is 0.384 e. The van der Waals surface area contributed by atoms with E-state index in [1.165, 1.54) is 0 Å². The maximum Gasteiger partial charge on any atom is 0.243 e. The van der Waals surface area contributed by atoms with Gasteiger partial charge in [-0.25, -0.2) is 13.1 Å². The van der Waals surface area contributed by atoms with Gasteiger partial charge in [0.2, 0.25) is 10.0 Å². The molecular formula is C14H22N2O3S. The van der Waals surface area contributed by atoms with Crippen molar-refractivity contribution in [3.05, 3.63) is 24.3 Å². The third-order valence-electron chi connectivity index (χ3n) is 3.36. The molecule has 112 valence electrons. The van der Waals surface area contributed by atoms with Crippen LogP contribution in [0.3, 0.4) is 0 Å². The molecule has 0 spiro atoms. The van der Waals surface area contributed by atoms with Gasteiger partial charge in [-0.05, 0) is 38.8 Å². The van der Waals surface area contributed by atoms with Gasteiger partial charge < -0.3 is 10.1 Å². The molecule has 0 aromatic heterocycles. The predicted octanol–water partition coefficient (Wildman–Crippen LogP) is 1.97.